The lowest BCUT2D eigenvalue weighted by Gasteiger charge is -2.27. The number of hydrogen-bond donors (Lipinski definition) is 0. The molecule has 1 aliphatic rings. The standard InChI is InChI=1S/C21H27FN2/c1-3-16-4-6-17(7-5-16)8-9-18-10-11-19(20(22)12-18)21-23-13-15(2)14-24-21/h10-14,16-17H,3-9H2,1-2H3. The summed E-state index contributed by atoms with van der Waals surface area (Å²) in [5, 5.41) is 0. The van der Waals surface area contributed by atoms with Crippen LogP contribution in [0.4, 0.5) is 4.39 Å². The lowest BCUT2D eigenvalue weighted by Crippen LogP contribution is -2.14. The van der Waals surface area contributed by atoms with Gasteiger partial charge < -0.3 is 0 Å². The molecule has 0 atom stereocenters. The molecule has 2 aromatic rings. The molecular formula is C21H27FN2. The van der Waals surface area contributed by atoms with Crippen molar-refractivity contribution >= 4 is 0 Å². The molecule has 0 bridgehead atoms. The first-order valence-electron chi connectivity index (χ1n) is 9.23. The molecule has 1 fully saturated rings. The fourth-order valence-electron chi connectivity index (χ4n) is 3.73. The normalized spacial score (nSPS) is 21.0. The first-order valence-corrected chi connectivity index (χ1v) is 9.23. The van der Waals surface area contributed by atoms with E-state index in [-0.39, 0.29) is 5.82 Å². The third kappa shape index (κ3) is 4.19. The minimum atomic E-state index is -0.217. The van der Waals surface area contributed by atoms with E-state index in [1.807, 2.05) is 19.1 Å². The van der Waals surface area contributed by atoms with Crippen molar-refractivity contribution in [1.82, 2.24) is 9.97 Å². The van der Waals surface area contributed by atoms with Crippen LogP contribution < -0.4 is 0 Å². The lowest BCUT2D eigenvalue weighted by atomic mass is 9.78. The zero-order chi connectivity index (χ0) is 16.9. The van der Waals surface area contributed by atoms with E-state index in [1.54, 1.807) is 18.5 Å². The van der Waals surface area contributed by atoms with Crippen molar-refractivity contribution in [2.24, 2.45) is 11.8 Å². The Morgan fingerprint density at radius 2 is 1.71 bits per heavy atom. The molecule has 1 aromatic carbocycles. The van der Waals surface area contributed by atoms with Gasteiger partial charge in [-0.3, -0.25) is 0 Å². The molecule has 1 saturated carbocycles. The molecule has 0 radical (unpaired) electrons. The van der Waals surface area contributed by atoms with Crippen LogP contribution in [0.3, 0.4) is 0 Å². The molecule has 0 aliphatic heterocycles. The van der Waals surface area contributed by atoms with Gasteiger partial charge in [0.1, 0.15) is 5.82 Å². The number of aromatic nitrogens is 2. The molecule has 1 aliphatic carbocycles. The summed E-state index contributed by atoms with van der Waals surface area (Å²) in [6, 6.07) is 5.51. The van der Waals surface area contributed by atoms with Gasteiger partial charge in [0, 0.05) is 12.4 Å². The van der Waals surface area contributed by atoms with Gasteiger partial charge in [0.05, 0.1) is 5.56 Å². The van der Waals surface area contributed by atoms with Crippen LogP contribution >= 0.6 is 0 Å². The molecule has 3 heteroatoms. The molecule has 0 spiro atoms. The summed E-state index contributed by atoms with van der Waals surface area (Å²) in [6.07, 6.45) is 12.3. The second kappa shape index (κ2) is 7.87. The molecular weight excluding hydrogens is 299 g/mol. The van der Waals surface area contributed by atoms with E-state index in [4.69, 9.17) is 0 Å². The first kappa shape index (κ1) is 17.1. The summed E-state index contributed by atoms with van der Waals surface area (Å²) in [6.45, 7) is 4.23. The Bertz CT molecular complexity index is 658. The van der Waals surface area contributed by atoms with Crippen molar-refractivity contribution in [3.8, 4) is 11.4 Å². The molecule has 1 aromatic heterocycles. The van der Waals surface area contributed by atoms with Crippen molar-refractivity contribution in [3.05, 3.63) is 47.5 Å². The average molecular weight is 326 g/mol. The topological polar surface area (TPSA) is 25.8 Å². The molecule has 0 amide bonds. The third-order valence-electron chi connectivity index (χ3n) is 5.44. The number of aryl methyl sites for hydroxylation is 2. The van der Waals surface area contributed by atoms with Crippen LogP contribution in [0.25, 0.3) is 11.4 Å². The Labute approximate surface area is 144 Å². The van der Waals surface area contributed by atoms with E-state index in [1.165, 1.54) is 38.5 Å². The van der Waals surface area contributed by atoms with Crippen LogP contribution in [-0.2, 0) is 6.42 Å². The maximum Gasteiger partial charge on any atom is 0.162 e. The predicted octanol–water partition coefficient (Wildman–Crippen LogP) is 5.74. The number of hydrogen-bond acceptors (Lipinski definition) is 2. The second-order valence-corrected chi connectivity index (χ2v) is 7.23. The summed E-state index contributed by atoms with van der Waals surface area (Å²) in [4.78, 5) is 8.44. The maximum absolute atomic E-state index is 14.4. The largest absolute Gasteiger partial charge is 0.236 e. The van der Waals surface area contributed by atoms with E-state index in [0.29, 0.717) is 11.4 Å². The van der Waals surface area contributed by atoms with Crippen LogP contribution in [0.5, 0.6) is 0 Å². The van der Waals surface area contributed by atoms with Crippen LogP contribution in [0, 0.1) is 24.6 Å². The monoisotopic (exact) mass is 326 g/mol. The quantitative estimate of drug-likeness (QED) is 0.700. The summed E-state index contributed by atoms with van der Waals surface area (Å²) in [5.74, 6) is 2.00. The average Bonchev–Trinajstić information content (AvgIpc) is 2.61. The second-order valence-electron chi connectivity index (χ2n) is 7.23. The van der Waals surface area contributed by atoms with E-state index < -0.39 is 0 Å². The van der Waals surface area contributed by atoms with Gasteiger partial charge in [0.15, 0.2) is 5.82 Å². The van der Waals surface area contributed by atoms with Gasteiger partial charge in [-0.1, -0.05) is 45.1 Å². The zero-order valence-corrected chi connectivity index (χ0v) is 14.8. The lowest BCUT2D eigenvalue weighted by molar-refractivity contribution is 0.259. The third-order valence-corrected chi connectivity index (χ3v) is 5.44. The molecule has 0 saturated heterocycles. The molecule has 24 heavy (non-hydrogen) atoms. The highest BCUT2D eigenvalue weighted by Crippen LogP contribution is 2.33. The van der Waals surface area contributed by atoms with Crippen LogP contribution in [0.2, 0.25) is 0 Å². The minimum absolute atomic E-state index is 0.217. The van der Waals surface area contributed by atoms with Crippen molar-refractivity contribution in [3.63, 3.8) is 0 Å². The van der Waals surface area contributed by atoms with Crippen molar-refractivity contribution in [1.29, 1.82) is 0 Å². The van der Waals surface area contributed by atoms with Gasteiger partial charge in [0.2, 0.25) is 0 Å². The van der Waals surface area contributed by atoms with E-state index >= 15 is 0 Å². The Kier molecular flexibility index (Phi) is 5.60. The van der Waals surface area contributed by atoms with Crippen molar-refractivity contribution in [2.45, 2.75) is 58.8 Å². The fraction of sp³-hybridized carbons (Fsp3) is 0.524. The van der Waals surface area contributed by atoms with E-state index in [2.05, 4.69) is 16.9 Å². The number of benzene rings is 1. The Morgan fingerprint density at radius 1 is 1.04 bits per heavy atom. The number of nitrogens with zero attached hydrogens (tertiary/aromatic N) is 2. The highest BCUT2D eigenvalue weighted by Gasteiger charge is 2.19. The van der Waals surface area contributed by atoms with E-state index in [0.717, 1.165) is 29.4 Å². The van der Waals surface area contributed by atoms with Gasteiger partial charge in [0.25, 0.3) is 0 Å². The van der Waals surface area contributed by atoms with Gasteiger partial charge in [-0.05, 0) is 54.9 Å². The summed E-state index contributed by atoms with van der Waals surface area (Å²) in [5.41, 5.74) is 2.55. The SMILES string of the molecule is CCC1CCC(CCc2ccc(-c3ncc(C)cn3)c(F)c2)CC1. The molecule has 0 unspecified atom stereocenters. The highest BCUT2D eigenvalue weighted by molar-refractivity contribution is 5.56. The fourth-order valence-corrected chi connectivity index (χ4v) is 3.73. The van der Waals surface area contributed by atoms with Crippen LogP contribution in [0.15, 0.2) is 30.6 Å². The van der Waals surface area contributed by atoms with E-state index in [9.17, 15) is 4.39 Å². The number of halogens is 1. The molecule has 3 rings (SSSR count). The molecule has 0 N–H and O–H groups in total. The summed E-state index contributed by atoms with van der Waals surface area (Å²) in [7, 11) is 0. The van der Waals surface area contributed by atoms with Gasteiger partial charge in [-0.25, -0.2) is 14.4 Å². The summed E-state index contributed by atoms with van der Waals surface area (Å²) >= 11 is 0. The van der Waals surface area contributed by atoms with Crippen molar-refractivity contribution in [2.75, 3.05) is 0 Å². The van der Waals surface area contributed by atoms with Gasteiger partial charge in [-0.15, -0.1) is 0 Å². The Balaban J connectivity index is 1.60. The molecule has 128 valence electrons. The molecule has 1 heterocycles. The zero-order valence-electron chi connectivity index (χ0n) is 14.8. The van der Waals surface area contributed by atoms with Crippen LogP contribution in [0.1, 0.15) is 56.6 Å². The predicted molar refractivity (Wildman–Crippen MR) is 96.2 cm³/mol. The molecule has 2 nitrogen and oxygen atoms in total. The van der Waals surface area contributed by atoms with Crippen LogP contribution in [-0.4, -0.2) is 9.97 Å². The van der Waals surface area contributed by atoms with Crippen molar-refractivity contribution < 1.29 is 4.39 Å². The Hall–Kier alpha value is -1.77. The van der Waals surface area contributed by atoms with Gasteiger partial charge >= 0.3 is 0 Å². The van der Waals surface area contributed by atoms with Gasteiger partial charge in [-0.2, -0.15) is 0 Å². The minimum Gasteiger partial charge on any atom is -0.236 e. The summed E-state index contributed by atoms with van der Waals surface area (Å²) < 4.78 is 14.4. The number of rotatable bonds is 5. The Morgan fingerprint density at radius 3 is 2.33 bits per heavy atom. The highest BCUT2D eigenvalue weighted by atomic mass is 19.1. The maximum atomic E-state index is 14.4. The smallest absolute Gasteiger partial charge is 0.162 e. The first-order chi connectivity index (χ1) is 11.7.